The molecule has 2 aromatic rings. The van der Waals surface area contributed by atoms with Crippen LogP contribution < -0.4 is 11.5 Å². The zero-order valence-electron chi connectivity index (χ0n) is 7.92. The molecule has 4 nitrogen and oxygen atoms in total. The number of nitrogens with zero attached hydrogens (tertiary/aromatic N) is 2. The van der Waals surface area contributed by atoms with E-state index in [0.29, 0.717) is 16.5 Å². The Bertz CT molecular complexity index is 458. The average Bonchev–Trinajstić information content (AvgIpc) is 2.25. The fraction of sp³-hybridized carbons (Fsp3) is 0. The Hall–Kier alpha value is -1.75. The zero-order chi connectivity index (χ0) is 10.7. The van der Waals surface area contributed by atoms with Crippen molar-refractivity contribution in [1.29, 1.82) is 0 Å². The molecule has 0 aliphatic rings. The van der Waals surface area contributed by atoms with Crippen LogP contribution in [-0.2, 0) is 0 Å². The summed E-state index contributed by atoms with van der Waals surface area (Å²) in [6.07, 6.45) is 3.41. The van der Waals surface area contributed by atoms with Gasteiger partial charge in [0.25, 0.3) is 0 Å². The molecule has 0 atom stereocenters. The monoisotopic (exact) mass is 218 g/mol. The number of benzene rings is 1. The average molecular weight is 218 g/mol. The van der Waals surface area contributed by atoms with E-state index in [9.17, 15) is 0 Å². The van der Waals surface area contributed by atoms with Crippen LogP contribution in [0.2, 0.25) is 0 Å². The number of hydrogen-bond acceptors (Lipinski definition) is 5. The van der Waals surface area contributed by atoms with Gasteiger partial charge >= 0.3 is 0 Å². The Morgan fingerprint density at radius 3 is 2.40 bits per heavy atom. The van der Waals surface area contributed by atoms with Crippen molar-refractivity contribution in [3.05, 3.63) is 36.7 Å². The van der Waals surface area contributed by atoms with E-state index in [-0.39, 0.29) is 0 Å². The minimum absolute atomic E-state index is 0.580. The Kier molecular flexibility index (Phi) is 2.73. The fourth-order valence-corrected chi connectivity index (χ4v) is 1.82. The van der Waals surface area contributed by atoms with Gasteiger partial charge in [-0.05, 0) is 36.0 Å². The fourth-order valence-electron chi connectivity index (χ4n) is 1.06. The third kappa shape index (κ3) is 2.38. The summed E-state index contributed by atoms with van der Waals surface area (Å²) >= 11 is 1.45. The smallest absolute Gasteiger partial charge is 0.192 e. The molecule has 0 saturated carbocycles. The van der Waals surface area contributed by atoms with Crippen molar-refractivity contribution in [3.8, 4) is 0 Å². The molecule has 0 fully saturated rings. The molecular formula is C10H10N4S. The lowest BCUT2D eigenvalue weighted by atomic mass is 10.3. The molecule has 0 unspecified atom stereocenters. The summed E-state index contributed by atoms with van der Waals surface area (Å²) in [6, 6.07) is 7.27. The van der Waals surface area contributed by atoms with Gasteiger partial charge in [-0.3, -0.25) is 0 Å². The minimum Gasteiger partial charge on any atom is -0.397 e. The third-order valence-corrected chi connectivity index (χ3v) is 2.69. The van der Waals surface area contributed by atoms with Crippen molar-refractivity contribution >= 4 is 23.1 Å². The predicted molar refractivity (Wildman–Crippen MR) is 61.4 cm³/mol. The second kappa shape index (κ2) is 4.18. The van der Waals surface area contributed by atoms with Crippen LogP contribution in [0.3, 0.4) is 0 Å². The standard InChI is InChI=1S/C10H10N4S/c11-8-3-2-7(6-9(8)12)15-10-13-4-1-5-14-10/h1-6H,11-12H2. The lowest BCUT2D eigenvalue weighted by Crippen LogP contribution is -1.94. The summed E-state index contributed by atoms with van der Waals surface area (Å²) in [5, 5.41) is 0.696. The molecule has 1 heterocycles. The van der Waals surface area contributed by atoms with Crippen molar-refractivity contribution < 1.29 is 0 Å². The van der Waals surface area contributed by atoms with E-state index in [0.717, 1.165) is 4.90 Å². The molecular weight excluding hydrogens is 208 g/mol. The minimum atomic E-state index is 0.580. The van der Waals surface area contributed by atoms with Crippen molar-refractivity contribution in [2.75, 3.05) is 11.5 Å². The highest BCUT2D eigenvalue weighted by Gasteiger charge is 2.01. The van der Waals surface area contributed by atoms with Crippen molar-refractivity contribution in [3.63, 3.8) is 0 Å². The van der Waals surface area contributed by atoms with Crippen LogP contribution in [0.1, 0.15) is 0 Å². The van der Waals surface area contributed by atoms with E-state index >= 15 is 0 Å². The van der Waals surface area contributed by atoms with E-state index in [4.69, 9.17) is 11.5 Å². The van der Waals surface area contributed by atoms with Gasteiger partial charge in [0.05, 0.1) is 11.4 Å². The summed E-state index contributed by atoms with van der Waals surface area (Å²) < 4.78 is 0. The molecule has 2 rings (SSSR count). The van der Waals surface area contributed by atoms with Crippen LogP contribution >= 0.6 is 11.8 Å². The normalized spacial score (nSPS) is 10.1. The van der Waals surface area contributed by atoms with E-state index < -0.39 is 0 Å². The molecule has 76 valence electrons. The van der Waals surface area contributed by atoms with Gasteiger partial charge in [-0.1, -0.05) is 0 Å². The second-order valence-electron chi connectivity index (χ2n) is 2.92. The van der Waals surface area contributed by atoms with Crippen molar-refractivity contribution in [2.24, 2.45) is 0 Å². The van der Waals surface area contributed by atoms with Gasteiger partial charge in [-0.15, -0.1) is 0 Å². The SMILES string of the molecule is Nc1ccc(Sc2ncccn2)cc1N. The summed E-state index contributed by atoms with van der Waals surface area (Å²) in [7, 11) is 0. The number of nitrogen functional groups attached to an aromatic ring is 2. The Morgan fingerprint density at radius 1 is 1.00 bits per heavy atom. The number of nitrogens with two attached hydrogens (primary N) is 2. The molecule has 0 radical (unpaired) electrons. The largest absolute Gasteiger partial charge is 0.397 e. The van der Waals surface area contributed by atoms with Gasteiger partial charge < -0.3 is 11.5 Å². The highest BCUT2D eigenvalue weighted by molar-refractivity contribution is 7.99. The first-order chi connectivity index (χ1) is 7.25. The molecule has 5 heteroatoms. The zero-order valence-corrected chi connectivity index (χ0v) is 8.74. The van der Waals surface area contributed by atoms with E-state index in [2.05, 4.69) is 9.97 Å². The summed E-state index contributed by atoms with van der Waals surface area (Å²) in [4.78, 5) is 9.19. The first-order valence-electron chi connectivity index (χ1n) is 4.35. The van der Waals surface area contributed by atoms with Gasteiger partial charge in [-0.2, -0.15) is 0 Å². The van der Waals surface area contributed by atoms with Crippen LogP contribution in [0.4, 0.5) is 11.4 Å². The summed E-state index contributed by atoms with van der Waals surface area (Å²) in [5.74, 6) is 0. The maximum atomic E-state index is 5.70. The van der Waals surface area contributed by atoms with E-state index in [1.54, 1.807) is 24.5 Å². The number of rotatable bonds is 2. The molecule has 1 aromatic carbocycles. The molecule has 0 aliphatic heterocycles. The quantitative estimate of drug-likeness (QED) is 0.593. The van der Waals surface area contributed by atoms with Crippen molar-refractivity contribution in [2.45, 2.75) is 10.1 Å². The summed E-state index contributed by atoms with van der Waals surface area (Å²) in [6.45, 7) is 0. The molecule has 0 bridgehead atoms. The molecule has 4 N–H and O–H groups in total. The third-order valence-electron chi connectivity index (χ3n) is 1.81. The number of anilines is 2. The van der Waals surface area contributed by atoms with Crippen LogP contribution in [0.15, 0.2) is 46.7 Å². The maximum Gasteiger partial charge on any atom is 0.192 e. The Balaban J connectivity index is 2.22. The van der Waals surface area contributed by atoms with Gasteiger partial charge in [-0.25, -0.2) is 9.97 Å². The molecule has 0 spiro atoms. The highest BCUT2D eigenvalue weighted by Crippen LogP contribution is 2.27. The first-order valence-corrected chi connectivity index (χ1v) is 5.17. The second-order valence-corrected chi connectivity index (χ2v) is 3.96. The lowest BCUT2D eigenvalue weighted by molar-refractivity contribution is 0.967. The Labute approximate surface area is 91.7 Å². The van der Waals surface area contributed by atoms with Crippen LogP contribution in [0, 0.1) is 0 Å². The molecule has 0 saturated heterocycles. The predicted octanol–water partition coefficient (Wildman–Crippen LogP) is 1.79. The van der Waals surface area contributed by atoms with E-state index in [1.807, 2.05) is 12.1 Å². The lowest BCUT2D eigenvalue weighted by Gasteiger charge is -2.03. The molecule has 0 aliphatic carbocycles. The molecule has 15 heavy (non-hydrogen) atoms. The Morgan fingerprint density at radius 2 is 1.73 bits per heavy atom. The number of hydrogen-bond donors (Lipinski definition) is 2. The molecule has 0 amide bonds. The molecule has 1 aromatic heterocycles. The van der Waals surface area contributed by atoms with Crippen LogP contribution in [0.5, 0.6) is 0 Å². The summed E-state index contributed by atoms with van der Waals surface area (Å²) in [5.41, 5.74) is 12.5. The van der Waals surface area contributed by atoms with Gasteiger partial charge in [0.2, 0.25) is 0 Å². The van der Waals surface area contributed by atoms with Gasteiger partial charge in [0.1, 0.15) is 0 Å². The topological polar surface area (TPSA) is 77.8 Å². The van der Waals surface area contributed by atoms with Crippen LogP contribution in [0.25, 0.3) is 0 Å². The van der Waals surface area contributed by atoms with Crippen LogP contribution in [-0.4, -0.2) is 9.97 Å². The number of aromatic nitrogens is 2. The van der Waals surface area contributed by atoms with Gasteiger partial charge in [0, 0.05) is 17.3 Å². The van der Waals surface area contributed by atoms with Crippen molar-refractivity contribution in [1.82, 2.24) is 9.97 Å². The van der Waals surface area contributed by atoms with Gasteiger partial charge in [0.15, 0.2) is 5.16 Å². The first kappa shape index (κ1) is 9.79. The highest BCUT2D eigenvalue weighted by atomic mass is 32.2. The van der Waals surface area contributed by atoms with E-state index in [1.165, 1.54) is 11.8 Å². The maximum absolute atomic E-state index is 5.70.